The fraction of sp³-hybridized carbons (Fsp3) is 0.536. The minimum atomic E-state index is -0.925. The van der Waals surface area contributed by atoms with Crippen molar-refractivity contribution in [1.29, 1.82) is 0 Å². The molecule has 0 bridgehead atoms. The molecule has 2 saturated heterocycles. The summed E-state index contributed by atoms with van der Waals surface area (Å²) >= 11 is 12.5. The maximum atomic E-state index is 13.5. The van der Waals surface area contributed by atoms with E-state index in [-0.39, 0.29) is 17.0 Å². The molecule has 4 rings (SSSR count). The lowest BCUT2D eigenvalue weighted by atomic mass is 9.89. The van der Waals surface area contributed by atoms with E-state index in [1.807, 2.05) is 42.3 Å². The van der Waals surface area contributed by atoms with E-state index >= 15 is 0 Å². The van der Waals surface area contributed by atoms with Gasteiger partial charge in [-0.25, -0.2) is 4.98 Å². The molecule has 0 spiro atoms. The molecule has 1 atom stereocenters. The first-order valence-corrected chi connectivity index (χ1v) is 13.8. The first kappa shape index (κ1) is 27.7. The average molecular weight is 548 g/mol. The molecule has 9 heteroatoms. The Morgan fingerprint density at radius 3 is 2.51 bits per heavy atom. The van der Waals surface area contributed by atoms with Crippen LogP contribution in [0, 0.1) is 5.92 Å². The van der Waals surface area contributed by atoms with Crippen LogP contribution in [-0.4, -0.2) is 74.0 Å². The van der Waals surface area contributed by atoms with E-state index in [9.17, 15) is 9.59 Å². The predicted molar refractivity (Wildman–Crippen MR) is 147 cm³/mol. The lowest BCUT2D eigenvalue weighted by Crippen LogP contribution is -2.45. The number of carbonyl (C=O) groups is 2. The van der Waals surface area contributed by atoms with E-state index in [1.54, 1.807) is 20.2 Å². The normalized spacial score (nSPS) is 20.2. The van der Waals surface area contributed by atoms with Crippen LogP contribution in [-0.2, 0) is 15.1 Å². The Morgan fingerprint density at radius 1 is 1.14 bits per heavy atom. The van der Waals surface area contributed by atoms with Crippen molar-refractivity contribution in [2.45, 2.75) is 44.1 Å². The highest BCUT2D eigenvalue weighted by Crippen LogP contribution is 2.39. The largest absolute Gasteiger partial charge is 0.360 e. The minimum Gasteiger partial charge on any atom is -0.360 e. The van der Waals surface area contributed by atoms with E-state index in [1.165, 1.54) is 4.90 Å². The highest BCUT2D eigenvalue weighted by atomic mass is 35.5. The fourth-order valence-electron chi connectivity index (χ4n) is 5.38. The zero-order valence-electron chi connectivity index (χ0n) is 21.9. The monoisotopic (exact) mass is 546 g/mol. The van der Waals surface area contributed by atoms with Gasteiger partial charge in [-0.15, -0.1) is 0 Å². The van der Waals surface area contributed by atoms with Gasteiger partial charge in [-0.3, -0.25) is 9.59 Å². The number of ether oxygens (including phenoxy) is 1. The number of carbonyl (C=O) groups excluding carboxylic acids is 2. The summed E-state index contributed by atoms with van der Waals surface area (Å²) in [5.74, 6) is 1.28. The Hall–Kier alpha value is -2.35. The highest BCUT2D eigenvalue weighted by molar-refractivity contribution is 6.32. The summed E-state index contributed by atoms with van der Waals surface area (Å²) in [5.41, 5.74) is 0.338. The Balaban J connectivity index is 1.27. The van der Waals surface area contributed by atoms with Gasteiger partial charge in [0.2, 0.25) is 0 Å². The SMILES string of the molecule is CN(C)C(=O)c1ccc(N2CCC(CCCN(C)C(=O)[C@]3(c4cccc(Cl)c4)CCCO3)CC2)nc1Cl. The van der Waals surface area contributed by atoms with Crippen LogP contribution >= 0.6 is 23.2 Å². The molecule has 37 heavy (non-hydrogen) atoms. The third kappa shape index (κ3) is 6.21. The molecule has 2 aromatic rings. The molecule has 2 fully saturated rings. The van der Waals surface area contributed by atoms with Gasteiger partial charge in [0.15, 0.2) is 5.60 Å². The molecule has 0 unspecified atom stereocenters. The molecule has 0 aliphatic carbocycles. The molecule has 2 amide bonds. The lowest BCUT2D eigenvalue weighted by molar-refractivity contribution is -0.153. The van der Waals surface area contributed by atoms with Gasteiger partial charge in [0, 0.05) is 52.4 Å². The van der Waals surface area contributed by atoms with E-state index in [0.29, 0.717) is 36.1 Å². The molecule has 1 aromatic heterocycles. The number of pyridine rings is 1. The van der Waals surface area contributed by atoms with Gasteiger partial charge >= 0.3 is 0 Å². The summed E-state index contributed by atoms with van der Waals surface area (Å²) in [6, 6.07) is 11.1. The first-order chi connectivity index (χ1) is 17.7. The van der Waals surface area contributed by atoms with Crippen molar-refractivity contribution in [3.05, 3.63) is 57.7 Å². The number of rotatable bonds is 8. The van der Waals surface area contributed by atoms with Gasteiger partial charge in [-0.2, -0.15) is 0 Å². The molecule has 200 valence electrons. The number of anilines is 1. The van der Waals surface area contributed by atoms with Crippen LogP contribution in [0.5, 0.6) is 0 Å². The van der Waals surface area contributed by atoms with E-state index in [2.05, 4.69) is 9.88 Å². The number of amides is 2. The van der Waals surface area contributed by atoms with Gasteiger partial charge in [-0.1, -0.05) is 35.3 Å². The maximum Gasteiger partial charge on any atom is 0.259 e. The van der Waals surface area contributed by atoms with Crippen molar-refractivity contribution < 1.29 is 14.3 Å². The van der Waals surface area contributed by atoms with Gasteiger partial charge < -0.3 is 19.4 Å². The first-order valence-electron chi connectivity index (χ1n) is 13.0. The molecule has 0 radical (unpaired) electrons. The summed E-state index contributed by atoms with van der Waals surface area (Å²) in [6.45, 7) is 3.08. The van der Waals surface area contributed by atoms with Crippen LogP contribution in [0.2, 0.25) is 10.2 Å². The number of likely N-dealkylation sites (N-methyl/N-ethyl adjacent to an activating group) is 1. The third-order valence-corrected chi connectivity index (χ3v) is 8.04. The summed E-state index contributed by atoms with van der Waals surface area (Å²) in [4.78, 5) is 35.8. The van der Waals surface area contributed by atoms with Crippen molar-refractivity contribution in [1.82, 2.24) is 14.8 Å². The number of piperidine rings is 1. The Labute approximate surface area is 229 Å². The third-order valence-electron chi connectivity index (χ3n) is 7.52. The number of hydrogen-bond acceptors (Lipinski definition) is 5. The van der Waals surface area contributed by atoms with Crippen LogP contribution in [0.4, 0.5) is 5.82 Å². The fourth-order valence-corrected chi connectivity index (χ4v) is 5.80. The van der Waals surface area contributed by atoms with Crippen molar-refractivity contribution in [2.24, 2.45) is 5.92 Å². The van der Waals surface area contributed by atoms with E-state index in [4.69, 9.17) is 27.9 Å². The predicted octanol–water partition coefficient (Wildman–Crippen LogP) is 5.25. The quantitative estimate of drug-likeness (QED) is 0.423. The van der Waals surface area contributed by atoms with Crippen LogP contribution < -0.4 is 4.90 Å². The maximum absolute atomic E-state index is 13.5. The second-order valence-corrected chi connectivity index (χ2v) is 11.1. The lowest BCUT2D eigenvalue weighted by Gasteiger charge is -2.34. The van der Waals surface area contributed by atoms with Gasteiger partial charge in [0.1, 0.15) is 11.0 Å². The number of halogens is 2. The topological polar surface area (TPSA) is 66.0 Å². The molecule has 2 aliphatic rings. The zero-order chi connectivity index (χ0) is 26.6. The summed E-state index contributed by atoms with van der Waals surface area (Å²) in [6.07, 6.45) is 5.68. The van der Waals surface area contributed by atoms with E-state index < -0.39 is 5.60 Å². The molecule has 0 saturated carbocycles. The van der Waals surface area contributed by atoms with Gasteiger partial charge in [0.05, 0.1) is 5.56 Å². The summed E-state index contributed by atoms with van der Waals surface area (Å²) in [5, 5.41) is 0.859. The summed E-state index contributed by atoms with van der Waals surface area (Å²) in [7, 11) is 5.27. The van der Waals surface area contributed by atoms with Gasteiger partial charge in [0.25, 0.3) is 11.8 Å². The molecular formula is C28H36Cl2N4O3. The van der Waals surface area contributed by atoms with Gasteiger partial charge in [-0.05, 0) is 74.3 Å². The summed E-state index contributed by atoms with van der Waals surface area (Å²) < 4.78 is 6.06. The van der Waals surface area contributed by atoms with Crippen molar-refractivity contribution in [3.63, 3.8) is 0 Å². The molecule has 3 heterocycles. The molecule has 1 aromatic carbocycles. The van der Waals surface area contributed by atoms with Crippen molar-refractivity contribution in [2.75, 3.05) is 52.3 Å². The van der Waals surface area contributed by atoms with Crippen molar-refractivity contribution in [3.8, 4) is 0 Å². The number of benzene rings is 1. The van der Waals surface area contributed by atoms with Crippen LogP contribution in [0.15, 0.2) is 36.4 Å². The average Bonchev–Trinajstić information content (AvgIpc) is 3.39. The molecular weight excluding hydrogens is 511 g/mol. The Bertz CT molecular complexity index is 1110. The molecule has 0 N–H and O–H groups in total. The molecule has 7 nitrogen and oxygen atoms in total. The van der Waals surface area contributed by atoms with Crippen LogP contribution in [0.25, 0.3) is 0 Å². The second-order valence-electron chi connectivity index (χ2n) is 10.3. The minimum absolute atomic E-state index is 0.0150. The number of nitrogens with zero attached hydrogens (tertiary/aromatic N) is 4. The number of hydrogen-bond donors (Lipinski definition) is 0. The Kier molecular flexibility index (Phi) is 8.98. The van der Waals surface area contributed by atoms with E-state index in [0.717, 1.165) is 56.6 Å². The highest BCUT2D eigenvalue weighted by Gasteiger charge is 2.46. The van der Waals surface area contributed by atoms with Crippen LogP contribution in [0.3, 0.4) is 0 Å². The van der Waals surface area contributed by atoms with Crippen LogP contribution in [0.1, 0.15) is 54.4 Å². The smallest absolute Gasteiger partial charge is 0.259 e. The number of aromatic nitrogens is 1. The Morgan fingerprint density at radius 2 is 1.89 bits per heavy atom. The second kappa shape index (κ2) is 12.0. The van der Waals surface area contributed by atoms with Crippen molar-refractivity contribution >= 4 is 40.8 Å². The molecule has 2 aliphatic heterocycles. The zero-order valence-corrected chi connectivity index (χ0v) is 23.4. The standard InChI is InChI=1S/C28H36Cl2N4O3/c1-32(2)26(35)23-10-11-24(31-25(23)30)34-16-12-20(13-17-34)7-5-15-33(3)27(36)28(14-6-18-37-28)21-8-4-9-22(29)19-21/h4,8-11,19-20H,5-7,12-18H2,1-3H3/t28-/m1/s1.